The van der Waals surface area contributed by atoms with E-state index in [1.165, 1.54) is 23.1 Å². The zero-order valence-corrected chi connectivity index (χ0v) is 23.0. The number of amides is 2. The summed E-state index contributed by atoms with van der Waals surface area (Å²) in [5.74, 6) is 0.585. The molecule has 0 bridgehead atoms. The Kier molecular flexibility index (Phi) is 8.51. The van der Waals surface area contributed by atoms with Gasteiger partial charge in [0, 0.05) is 17.0 Å². The number of fused-ring (bicyclic) bond motifs is 1. The number of carbonyl (C=O) groups excluding carboxylic acids is 2. The van der Waals surface area contributed by atoms with Crippen LogP contribution in [0.5, 0.6) is 5.75 Å². The third-order valence-corrected chi connectivity index (χ3v) is 7.49. The second-order valence-corrected chi connectivity index (χ2v) is 12.0. The summed E-state index contributed by atoms with van der Waals surface area (Å²) >= 11 is 2.85. The van der Waals surface area contributed by atoms with Gasteiger partial charge in [-0.15, -0.1) is 11.8 Å². The van der Waals surface area contributed by atoms with Crippen molar-refractivity contribution in [3.8, 4) is 5.75 Å². The first-order valence-electron chi connectivity index (χ1n) is 12.2. The molecule has 2 N–H and O–H groups in total. The van der Waals surface area contributed by atoms with Gasteiger partial charge in [-0.05, 0) is 54.3 Å². The fourth-order valence-corrected chi connectivity index (χ4v) is 5.74. The molecule has 4 aromatic rings. The van der Waals surface area contributed by atoms with E-state index >= 15 is 0 Å². The average Bonchev–Trinajstić information content (AvgIpc) is 3.23. The van der Waals surface area contributed by atoms with Crippen LogP contribution in [0.1, 0.15) is 44.9 Å². The van der Waals surface area contributed by atoms with Crippen molar-refractivity contribution in [3.63, 3.8) is 0 Å². The number of nitrogens with one attached hydrogen (secondary N) is 2. The van der Waals surface area contributed by atoms with Crippen molar-refractivity contribution in [1.82, 2.24) is 4.98 Å². The van der Waals surface area contributed by atoms with Crippen LogP contribution < -0.4 is 15.4 Å². The Hall–Kier alpha value is -3.36. The summed E-state index contributed by atoms with van der Waals surface area (Å²) in [6.45, 7) is 8.63. The molecule has 0 radical (unpaired) electrons. The Morgan fingerprint density at radius 3 is 2.51 bits per heavy atom. The highest BCUT2D eigenvalue weighted by Gasteiger charge is 2.24. The lowest BCUT2D eigenvalue weighted by Gasteiger charge is -2.18. The summed E-state index contributed by atoms with van der Waals surface area (Å²) in [7, 11) is 0. The summed E-state index contributed by atoms with van der Waals surface area (Å²) < 4.78 is 6.53. The van der Waals surface area contributed by atoms with Crippen LogP contribution in [0.2, 0.25) is 0 Å². The average molecular weight is 534 g/mol. The number of nitrogens with zero attached hydrogens (tertiary/aromatic N) is 1. The molecule has 0 aliphatic carbocycles. The zero-order chi connectivity index (χ0) is 26.4. The molecule has 1 unspecified atom stereocenters. The number of hydrogen-bond acceptors (Lipinski definition) is 6. The van der Waals surface area contributed by atoms with Crippen molar-refractivity contribution in [3.05, 3.63) is 78.4 Å². The molecule has 0 aliphatic rings. The molecule has 6 nitrogen and oxygen atoms in total. The Bertz CT molecular complexity index is 1380. The smallest absolute Gasteiger partial charge is 0.244 e. The van der Waals surface area contributed by atoms with E-state index in [0.29, 0.717) is 23.8 Å². The van der Waals surface area contributed by atoms with Crippen molar-refractivity contribution in [2.24, 2.45) is 5.41 Å². The van der Waals surface area contributed by atoms with Gasteiger partial charge in [-0.3, -0.25) is 9.59 Å². The van der Waals surface area contributed by atoms with Crippen LogP contribution in [0.3, 0.4) is 0 Å². The largest absolute Gasteiger partial charge is 0.494 e. The van der Waals surface area contributed by atoms with Crippen LogP contribution in [0.4, 0.5) is 10.8 Å². The van der Waals surface area contributed by atoms with Gasteiger partial charge in [-0.25, -0.2) is 4.98 Å². The second kappa shape index (κ2) is 11.8. The molecule has 3 aromatic carbocycles. The number of anilines is 2. The van der Waals surface area contributed by atoms with E-state index in [4.69, 9.17) is 4.74 Å². The van der Waals surface area contributed by atoms with Gasteiger partial charge < -0.3 is 15.4 Å². The lowest BCUT2D eigenvalue weighted by atomic mass is 9.92. The molecule has 0 aliphatic heterocycles. The molecule has 0 saturated heterocycles. The monoisotopic (exact) mass is 533 g/mol. The van der Waals surface area contributed by atoms with Crippen molar-refractivity contribution >= 4 is 55.9 Å². The van der Waals surface area contributed by atoms with E-state index in [1.807, 2.05) is 100 Å². The summed E-state index contributed by atoms with van der Waals surface area (Å²) in [5.41, 5.74) is 2.30. The minimum atomic E-state index is -0.507. The maximum atomic E-state index is 13.5. The molecule has 37 heavy (non-hydrogen) atoms. The summed E-state index contributed by atoms with van der Waals surface area (Å²) in [6.07, 6.45) is 0.424. The van der Waals surface area contributed by atoms with Crippen LogP contribution in [-0.2, 0) is 9.59 Å². The van der Waals surface area contributed by atoms with Crippen LogP contribution in [0.15, 0.2) is 77.7 Å². The number of thiazole rings is 1. The van der Waals surface area contributed by atoms with E-state index in [1.54, 1.807) is 0 Å². The standard InChI is InChI=1S/C29H31N3O3S2/c1-5-35-21-14-15-23-24(17-21)37-28(31-23)32-27(34)26(19-10-7-6-8-11-19)36-22-13-9-12-20(16-22)30-25(33)18-29(2,3)4/h6-17,26H,5,18H2,1-4H3,(H,30,33)(H,31,32,34). The summed E-state index contributed by atoms with van der Waals surface area (Å²) in [5, 5.41) is 6.02. The van der Waals surface area contributed by atoms with Gasteiger partial charge in [-0.2, -0.15) is 0 Å². The molecule has 0 saturated carbocycles. The first-order valence-corrected chi connectivity index (χ1v) is 13.9. The predicted octanol–water partition coefficient (Wildman–Crippen LogP) is 7.54. The Morgan fingerprint density at radius 1 is 1.00 bits per heavy atom. The highest BCUT2D eigenvalue weighted by molar-refractivity contribution is 8.00. The number of thioether (sulfide) groups is 1. The number of hydrogen-bond donors (Lipinski definition) is 2. The fourth-order valence-electron chi connectivity index (χ4n) is 3.76. The first-order chi connectivity index (χ1) is 17.7. The molecule has 1 aromatic heterocycles. The minimum absolute atomic E-state index is 0.0321. The molecule has 0 fully saturated rings. The molecule has 4 rings (SSSR count). The van der Waals surface area contributed by atoms with Gasteiger partial charge in [0.05, 0.1) is 16.8 Å². The molecule has 2 amide bonds. The van der Waals surface area contributed by atoms with Crippen LogP contribution >= 0.6 is 23.1 Å². The van der Waals surface area contributed by atoms with E-state index in [0.717, 1.165) is 26.4 Å². The molecular weight excluding hydrogens is 502 g/mol. The summed E-state index contributed by atoms with van der Waals surface area (Å²) in [4.78, 5) is 31.4. The highest BCUT2D eigenvalue weighted by Crippen LogP contribution is 2.38. The molecule has 0 spiro atoms. The number of benzene rings is 3. The van der Waals surface area contributed by atoms with Crippen molar-refractivity contribution in [2.45, 2.75) is 44.3 Å². The zero-order valence-electron chi connectivity index (χ0n) is 21.4. The molecule has 192 valence electrons. The van der Waals surface area contributed by atoms with Crippen LogP contribution in [0.25, 0.3) is 10.2 Å². The Labute approximate surface area is 225 Å². The third-order valence-electron chi connectivity index (χ3n) is 5.30. The number of carbonyl (C=O) groups is 2. The molecular formula is C29H31N3O3S2. The third kappa shape index (κ3) is 7.57. The normalized spacial score (nSPS) is 12.2. The van der Waals surface area contributed by atoms with Crippen LogP contribution in [-0.4, -0.2) is 23.4 Å². The second-order valence-electron chi connectivity index (χ2n) is 9.79. The van der Waals surface area contributed by atoms with Gasteiger partial charge >= 0.3 is 0 Å². The lowest BCUT2D eigenvalue weighted by Crippen LogP contribution is -2.20. The maximum absolute atomic E-state index is 13.5. The molecule has 1 heterocycles. The highest BCUT2D eigenvalue weighted by atomic mass is 32.2. The maximum Gasteiger partial charge on any atom is 0.244 e. The number of aromatic nitrogens is 1. The lowest BCUT2D eigenvalue weighted by molar-refractivity contribution is -0.118. The Balaban J connectivity index is 1.53. The quantitative estimate of drug-likeness (QED) is 0.217. The molecule has 8 heteroatoms. The van der Waals surface area contributed by atoms with Gasteiger partial charge in [0.25, 0.3) is 0 Å². The minimum Gasteiger partial charge on any atom is -0.494 e. The molecule has 1 atom stereocenters. The first kappa shape index (κ1) is 26.7. The topological polar surface area (TPSA) is 80.3 Å². The van der Waals surface area contributed by atoms with Gasteiger partial charge in [-0.1, -0.05) is 68.5 Å². The van der Waals surface area contributed by atoms with E-state index < -0.39 is 5.25 Å². The number of rotatable bonds is 9. The van der Waals surface area contributed by atoms with E-state index in [2.05, 4.69) is 15.6 Å². The van der Waals surface area contributed by atoms with E-state index in [9.17, 15) is 9.59 Å². The van der Waals surface area contributed by atoms with Gasteiger partial charge in [0.1, 0.15) is 11.0 Å². The fraction of sp³-hybridized carbons (Fsp3) is 0.276. The predicted molar refractivity (Wildman–Crippen MR) is 154 cm³/mol. The van der Waals surface area contributed by atoms with Gasteiger partial charge in [0.2, 0.25) is 11.8 Å². The summed E-state index contributed by atoms with van der Waals surface area (Å²) in [6, 6.07) is 23.0. The van der Waals surface area contributed by atoms with Crippen molar-refractivity contribution in [2.75, 3.05) is 17.2 Å². The van der Waals surface area contributed by atoms with Crippen LogP contribution in [0, 0.1) is 5.41 Å². The Morgan fingerprint density at radius 2 is 1.78 bits per heavy atom. The number of ether oxygens (including phenoxy) is 1. The van der Waals surface area contributed by atoms with Crippen molar-refractivity contribution < 1.29 is 14.3 Å². The SMILES string of the molecule is CCOc1ccc2nc(NC(=O)C(Sc3cccc(NC(=O)CC(C)(C)C)c3)c3ccccc3)sc2c1. The van der Waals surface area contributed by atoms with Gasteiger partial charge in [0.15, 0.2) is 5.13 Å². The van der Waals surface area contributed by atoms with Crippen molar-refractivity contribution in [1.29, 1.82) is 0 Å². The van der Waals surface area contributed by atoms with E-state index in [-0.39, 0.29) is 17.2 Å².